The first-order valence-electron chi connectivity index (χ1n) is 19.9. The summed E-state index contributed by atoms with van der Waals surface area (Å²) in [5.41, 5.74) is 22.6. The maximum Gasteiger partial charge on any atom is 0.0726 e. The standard InChI is InChI=1S/C51H36.2C2H6/c1-33-13-17-37(18-14-33)41-23-27-45-46-28-24-42(38-19-15-34(2)16-20-38)32-50(46)51(49(45)31-41)47-29-39(35-9-5-3-6-10-35)21-25-43(47)44-26-22-40(30-48(44)51)36-11-7-4-8-12-36;2*1-2/h3-32H,1-2H3;2*1-2H3. The lowest BCUT2D eigenvalue weighted by atomic mass is 9.69. The van der Waals surface area contributed by atoms with Gasteiger partial charge in [-0.1, -0.05) is 197 Å². The highest BCUT2D eigenvalue weighted by molar-refractivity contribution is 5.98. The Morgan fingerprint density at radius 3 is 0.764 bits per heavy atom. The number of hydrogen-bond acceptors (Lipinski definition) is 0. The molecule has 0 fully saturated rings. The minimum Gasteiger partial charge on any atom is -0.0683 e. The van der Waals surface area contributed by atoms with Crippen LogP contribution >= 0.6 is 0 Å². The van der Waals surface area contributed by atoms with Gasteiger partial charge < -0.3 is 0 Å². The number of hydrogen-bond donors (Lipinski definition) is 0. The topological polar surface area (TPSA) is 0 Å². The highest BCUT2D eigenvalue weighted by atomic mass is 14.5. The van der Waals surface area contributed by atoms with Gasteiger partial charge in [0.05, 0.1) is 5.41 Å². The molecule has 0 atom stereocenters. The molecule has 8 aromatic rings. The lowest BCUT2D eigenvalue weighted by molar-refractivity contribution is 0.795. The number of rotatable bonds is 4. The van der Waals surface area contributed by atoms with Crippen molar-refractivity contribution in [1.82, 2.24) is 0 Å². The van der Waals surface area contributed by atoms with Gasteiger partial charge in [-0.15, -0.1) is 0 Å². The fourth-order valence-corrected chi connectivity index (χ4v) is 8.70. The lowest BCUT2D eigenvalue weighted by Crippen LogP contribution is -2.26. The Labute approximate surface area is 327 Å². The Kier molecular flexibility index (Phi) is 9.68. The fourth-order valence-electron chi connectivity index (χ4n) is 8.70. The molecule has 55 heavy (non-hydrogen) atoms. The lowest BCUT2D eigenvalue weighted by Gasteiger charge is -2.32. The van der Waals surface area contributed by atoms with Crippen LogP contribution in [0.25, 0.3) is 66.8 Å². The van der Waals surface area contributed by atoms with Crippen LogP contribution in [-0.4, -0.2) is 0 Å². The summed E-state index contributed by atoms with van der Waals surface area (Å²) in [5, 5.41) is 0. The Morgan fingerprint density at radius 2 is 0.491 bits per heavy atom. The van der Waals surface area contributed by atoms with Crippen LogP contribution in [0.1, 0.15) is 61.1 Å². The minimum absolute atomic E-state index is 0.508. The Hall–Kier alpha value is -6.24. The normalized spacial score (nSPS) is 12.3. The third kappa shape index (κ3) is 5.94. The van der Waals surface area contributed by atoms with E-state index in [2.05, 4.69) is 196 Å². The molecule has 0 aliphatic heterocycles. The molecule has 0 N–H and O–H groups in total. The third-order valence-corrected chi connectivity index (χ3v) is 11.3. The highest BCUT2D eigenvalue weighted by Gasteiger charge is 2.52. The van der Waals surface area contributed by atoms with Crippen molar-refractivity contribution in [3.63, 3.8) is 0 Å². The molecule has 1 spiro atoms. The summed E-state index contributed by atoms with van der Waals surface area (Å²) in [4.78, 5) is 0. The monoisotopic (exact) mass is 708 g/mol. The van der Waals surface area contributed by atoms with E-state index in [1.807, 2.05) is 27.7 Å². The minimum atomic E-state index is -0.508. The molecule has 10 rings (SSSR count). The van der Waals surface area contributed by atoms with Crippen LogP contribution < -0.4 is 0 Å². The van der Waals surface area contributed by atoms with Gasteiger partial charge in [-0.05, 0) is 127 Å². The average Bonchev–Trinajstić information content (AvgIpc) is 3.72. The zero-order valence-corrected chi connectivity index (χ0v) is 32.8. The van der Waals surface area contributed by atoms with Gasteiger partial charge >= 0.3 is 0 Å². The van der Waals surface area contributed by atoms with Gasteiger partial charge in [0.25, 0.3) is 0 Å². The molecule has 2 aliphatic rings. The van der Waals surface area contributed by atoms with E-state index in [0.717, 1.165) is 0 Å². The molecular weight excluding hydrogens is 661 g/mol. The van der Waals surface area contributed by atoms with Gasteiger partial charge in [0, 0.05) is 0 Å². The molecule has 0 saturated heterocycles. The smallest absolute Gasteiger partial charge is 0.0683 e. The van der Waals surface area contributed by atoms with Crippen molar-refractivity contribution in [3.05, 3.63) is 215 Å². The van der Waals surface area contributed by atoms with Gasteiger partial charge in [-0.3, -0.25) is 0 Å². The summed E-state index contributed by atoms with van der Waals surface area (Å²) in [6.07, 6.45) is 0. The van der Waals surface area contributed by atoms with Crippen LogP contribution in [0, 0.1) is 13.8 Å². The van der Waals surface area contributed by atoms with Crippen LogP contribution in [-0.2, 0) is 5.41 Å². The fraction of sp³-hybridized carbons (Fsp3) is 0.127. The Balaban J connectivity index is 0.00000104. The van der Waals surface area contributed by atoms with Crippen molar-refractivity contribution in [2.75, 3.05) is 0 Å². The van der Waals surface area contributed by atoms with Gasteiger partial charge in [0.15, 0.2) is 0 Å². The third-order valence-electron chi connectivity index (χ3n) is 11.3. The molecule has 0 saturated carbocycles. The van der Waals surface area contributed by atoms with E-state index in [4.69, 9.17) is 0 Å². The SMILES string of the molecule is CC.CC.Cc1ccc(-c2ccc3c(c2)C2(c4cc(-c5ccccc5)ccc4-c4ccc(-c5ccccc5)cc42)c2cc(-c4ccc(C)cc4)ccc2-3)cc1. The predicted octanol–water partition coefficient (Wildman–Crippen LogP) is 15.4. The number of benzene rings is 8. The van der Waals surface area contributed by atoms with Gasteiger partial charge in [0.1, 0.15) is 0 Å². The molecule has 0 bridgehead atoms. The molecule has 2 aliphatic carbocycles. The van der Waals surface area contributed by atoms with Crippen LogP contribution in [0.2, 0.25) is 0 Å². The van der Waals surface area contributed by atoms with E-state index in [1.165, 1.54) is 100 Å². The molecule has 0 aromatic heterocycles. The quantitative estimate of drug-likeness (QED) is 0.171. The van der Waals surface area contributed by atoms with Crippen LogP contribution in [0.3, 0.4) is 0 Å². The second-order valence-corrected chi connectivity index (χ2v) is 14.3. The molecule has 0 heterocycles. The molecule has 0 nitrogen and oxygen atoms in total. The van der Waals surface area contributed by atoms with Crippen molar-refractivity contribution < 1.29 is 0 Å². The van der Waals surface area contributed by atoms with Gasteiger partial charge in [-0.2, -0.15) is 0 Å². The summed E-state index contributed by atoms with van der Waals surface area (Å²) >= 11 is 0. The first kappa shape index (κ1) is 35.8. The van der Waals surface area contributed by atoms with Crippen LogP contribution in [0.4, 0.5) is 0 Å². The highest BCUT2D eigenvalue weighted by Crippen LogP contribution is 2.64. The summed E-state index contributed by atoms with van der Waals surface area (Å²) < 4.78 is 0. The molecule has 268 valence electrons. The Morgan fingerprint density at radius 1 is 0.255 bits per heavy atom. The first-order chi connectivity index (χ1) is 27.1. The van der Waals surface area contributed by atoms with Gasteiger partial charge in [-0.25, -0.2) is 0 Å². The first-order valence-corrected chi connectivity index (χ1v) is 19.9. The zero-order valence-electron chi connectivity index (χ0n) is 32.8. The predicted molar refractivity (Wildman–Crippen MR) is 237 cm³/mol. The van der Waals surface area contributed by atoms with E-state index in [1.54, 1.807) is 0 Å². The molecule has 0 radical (unpaired) electrons. The second kappa shape index (κ2) is 14.9. The van der Waals surface area contributed by atoms with E-state index >= 15 is 0 Å². The maximum atomic E-state index is 2.49. The molecule has 0 amide bonds. The number of fused-ring (bicyclic) bond motifs is 10. The summed E-state index contributed by atoms with van der Waals surface area (Å²) in [7, 11) is 0. The van der Waals surface area contributed by atoms with E-state index < -0.39 is 5.41 Å². The molecule has 0 heteroatoms. The largest absolute Gasteiger partial charge is 0.0726 e. The Bertz CT molecular complexity index is 2420. The van der Waals surface area contributed by atoms with Crippen molar-refractivity contribution in [1.29, 1.82) is 0 Å². The van der Waals surface area contributed by atoms with E-state index in [0.29, 0.717) is 0 Å². The summed E-state index contributed by atoms with van der Waals surface area (Å²) in [5.74, 6) is 0. The summed E-state index contributed by atoms with van der Waals surface area (Å²) in [6.45, 7) is 12.3. The van der Waals surface area contributed by atoms with E-state index in [-0.39, 0.29) is 0 Å². The van der Waals surface area contributed by atoms with E-state index in [9.17, 15) is 0 Å². The van der Waals surface area contributed by atoms with Crippen LogP contribution in [0.5, 0.6) is 0 Å². The van der Waals surface area contributed by atoms with Crippen molar-refractivity contribution in [2.45, 2.75) is 47.0 Å². The average molecular weight is 709 g/mol. The van der Waals surface area contributed by atoms with Crippen molar-refractivity contribution in [2.24, 2.45) is 0 Å². The zero-order chi connectivity index (χ0) is 38.1. The van der Waals surface area contributed by atoms with Gasteiger partial charge in [0.2, 0.25) is 0 Å². The molecular formula is C55H48. The van der Waals surface area contributed by atoms with Crippen molar-refractivity contribution >= 4 is 0 Å². The maximum absolute atomic E-state index is 2.49. The number of aryl methyl sites for hydroxylation is 2. The van der Waals surface area contributed by atoms with Crippen LogP contribution in [0.15, 0.2) is 182 Å². The molecule has 0 unspecified atom stereocenters. The molecule has 8 aromatic carbocycles. The van der Waals surface area contributed by atoms with Crippen molar-refractivity contribution in [3.8, 4) is 66.8 Å². The second-order valence-electron chi connectivity index (χ2n) is 14.3. The summed E-state index contributed by atoms with van der Waals surface area (Å²) in [6, 6.07) is 68.3.